The van der Waals surface area contributed by atoms with E-state index in [9.17, 15) is 0 Å². The number of para-hydroxylation sites is 5. The summed E-state index contributed by atoms with van der Waals surface area (Å²) in [6.07, 6.45) is 0. The van der Waals surface area contributed by atoms with E-state index < -0.39 is 0 Å². The summed E-state index contributed by atoms with van der Waals surface area (Å²) in [6.45, 7) is 13.2. The van der Waals surface area contributed by atoms with Crippen LogP contribution in [-0.2, 0) is 0 Å². The van der Waals surface area contributed by atoms with Crippen LogP contribution in [0.25, 0.3) is 134 Å². The largest absolute Gasteiger partial charge is 0.310 e. The molecule has 0 fully saturated rings. The molecule has 8 heteroatoms. The molecular weight excluding hydrogens is 1290 g/mol. The third kappa shape index (κ3) is 11.9. The van der Waals surface area contributed by atoms with E-state index in [1.54, 1.807) is 0 Å². The Morgan fingerprint density at radius 2 is 0.632 bits per heavy atom. The van der Waals surface area contributed by atoms with Crippen molar-refractivity contribution in [1.82, 2.24) is 29.1 Å². The van der Waals surface area contributed by atoms with Crippen LogP contribution in [0.15, 0.2) is 340 Å². The third-order valence-corrected chi connectivity index (χ3v) is 20.6. The number of benzene rings is 14. The maximum Gasteiger partial charge on any atom is 0.160 e. The number of rotatable bonds is 15. The lowest BCUT2D eigenvalue weighted by Crippen LogP contribution is -2.09. The van der Waals surface area contributed by atoms with Crippen molar-refractivity contribution in [3.63, 3.8) is 0 Å². The molecule has 506 valence electrons. The third-order valence-electron chi connectivity index (χ3n) is 20.6. The Kier molecular flexibility index (Phi) is 16.4. The zero-order chi connectivity index (χ0) is 71.5. The normalized spacial score (nSPS) is 11.5. The quantitative estimate of drug-likeness (QED) is 0.102. The first-order chi connectivity index (χ1) is 52.0. The first-order valence-electron chi connectivity index (χ1n) is 36.2. The highest BCUT2D eigenvalue weighted by Crippen LogP contribution is 2.45. The molecule has 0 bridgehead atoms. The van der Waals surface area contributed by atoms with Gasteiger partial charge in [-0.1, -0.05) is 194 Å². The van der Waals surface area contributed by atoms with Gasteiger partial charge in [0.1, 0.15) is 0 Å². The van der Waals surface area contributed by atoms with E-state index in [1.807, 2.05) is 24.3 Å². The Morgan fingerprint density at radius 3 is 1.19 bits per heavy atom. The standard InChI is InChI=1S/C98H74N8/c1-63-27-26-32-72(51-63)88-62-90(95-65(3)56-82(57-66(95)4)105-91-41-24-22-39-83(91)85-59-80(47-49-93(85)105)103(76-33-16-9-17-34-76)77-35-18-10-19-36-77)102-98(100-88)75-53-64(2)52-73(58-75)69-43-45-79(46-44-69)104(78-37-20-11-21-38-78)81-48-50-94-86(60-81)84-40-23-25-42-92(84)106(94)96-67(5)54-74(55-68(96)6)89-61-87(70-28-12-7-13-29-70)99-97(101-89)71-30-14-8-15-31-71/h7-62H,1-6H3. The first kappa shape index (κ1) is 64.5. The molecule has 0 aliphatic heterocycles. The maximum atomic E-state index is 5.56. The molecule has 0 unspecified atom stereocenters. The molecule has 4 heterocycles. The molecule has 0 aliphatic carbocycles. The minimum Gasteiger partial charge on any atom is -0.310 e. The van der Waals surface area contributed by atoms with Gasteiger partial charge in [-0.2, -0.15) is 0 Å². The Bertz CT molecular complexity index is 6240. The van der Waals surface area contributed by atoms with Crippen molar-refractivity contribution in [2.45, 2.75) is 41.5 Å². The number of aryl methyl sites for hydroxylation is 6. The lowest BCUT2D eigenvalue weighted by Gasteiger charge is -2.26. The van der Waals surface area contributed by atoms with Gasteiger partial charge in [-0.05, 0) is 232 Å². The summed E-state index contributed by atoms with van der Waals surface area (Å²) in [6, 6.07) is 122. The second-order valence-corrected chi connectivity index (χ2v) is 27.9. The molecule has 4 aromatic heterocycles. The predicted octanol–water partition coefficient (Wildman–Crippen LogP) is 25.9. The Balaban J connectivity index is 0.687. The van der Waals surface area contributed by atoms with Gasteiger partial charge in [0, 0.05) is 94.7 Å². The predicted molar refractivity (Wildman–Crippen MR) is 442 cm³/mol. The van der Waals surface area contributed by atoms with E-state index in [-0.39, 0.29) is 0 Å². The van der Waals surface area contributed by atoms with Crippen molar-refractivity contribution >= 4 is 77.7 Å². The van der Waals surface area contributed by atoms with Crippen LogP contribution in [0.5, 0.6) is 0 Å². The Hall–Kier alpha value is -13.6. The van der Waals surface area contributed by atoms with E-state index in [1.165, 1.54) is 27.1 Å². The monoisotopic (exact) mass is 1360 g/mol. The number of anilines is 6. The molecular formula is C98H74N8. The molecule has 0 spiro atoms. The van der Waals surface area contributed by atoms with Gasteiger partial charge >= 0.3 is 0 Å². The summed E-state index contributed by atoms with van der Waals surface area (Å²) in [5, 5.41) is 4.73. The lowest BCUT2D eigenvalue weighted by molar-refractivity contribution is 1.12. The highest BCUT2D eigenvalue weighted by atomic mass is 15.2. The topological polar surface area (TPSA) is 67.9 Å². The van der Waals surface area contributed by atoms with Crippen LogP contribution in [0, 0.1) is 41.5 Å². The molecule has 0 saturated heterocycles. The van der Waals surface area contributed by atoms with Crippen molar-refractivity contribution < 1.29 is 0 Å². The van der Waals surface area contributed by atoms with E-state index in [2.05, 4.69) is 376 Å². The molecule has 0 saturated carbocycles. The lowest BCUT2D eigenvalue weighted by atomic mass is 9.96. The Labute approximate surface area is 617 Å². The average Bonchev–Trinajstić information content (AvgIpc) is 1.59. The first-order valence-corrected chi connectivity index (χ1v) is 36.2. The highest BCUT2D eigenvalue weighted by Gasteiger charge is 2.24. The fourth-order valence-corrected chi connectivity index (χ4v) is 15.9. The van der Waals surface area contributed by atoms with Crippen LogP contribution in [0.3, 0.4) is 0 Å². The van der Waals surface area contributed by atoms with Crippen LogP contribution in [0.1, 0.15) is 33.4 Å². The van der Waals surface area contributed by atoms with Gasteiger partial charge in [0.05, 0.1) is 50.5 Å². The number of hydrogen-bond donors (Lipinski definition) is 0. The smallest absolute Gasteiger partial charge is 0.160 e. The molecule has 0 radical (unpaired) electrons. The number of aromatic nitrogens is 6. The molecule has 8 nitrogen and oxygen atoms in total. The van der Waals surface area contributed by atoms with Gasteiger partial charge in [-0.25, -0.2) is 19.9 Å². The maximum absolute atomic E-state index is 5.56. The van der Waals surface area contributed by atoms with Gasteiger partial charge in [0.2, 0.25) is 0 Å². The van der Waals surface area contributed by atoms with Crippen LogP contribution < -0.4 is 9.80 Å². The van der Waals surface area contributed by atoms with Crippen LogP contribution in [0.4, 0.5) is 34.1 Å². The Morgan fingerprint density at radius 1 is 0.226 bits per heavy atom. The van der Waals surface area contributed by atoms with Crippen molar-refractivity contribution in [3.8, 4) is 90.3 Å². The second kappa shape index (κ2) is 27.0. The van der Waals surface area contributed by atoms with Crippen LogP contribution in [0.2, 0.25) is 0 Å². The number of nitrogens with zero attached hydrogens (tertiary/aromatic N) is 8. The SMILES string of the molecule is Cc1cccc(-c2cc(-c3c(C)cc(-n4c5ccccc5c5cc(N(c6ccccc6)c6ccccc6)ccc54)cc3C)nc(-c3cc(C)cc(-c4ccc(N(c5ccccc5)c5ccc6c(c5)c5ccccc5n6-c5c(C)cc(-c6cc(-c7ccccc7)nc(-c7ccccc7)n6)cc5C)cc4)c3)n2)c1. The number of hydrogen-bond acceptors (Lipinski definition) is 6. The summed E-state index contributed by atoms with van der Waals surface area (Å²) < 4.78 is 4.87. The summed E-state index contributed by atoms with van der Waals surface area (Å²) in [7, 11) is 0. The fourth-order valence-electron chi connectivity index (χ4n) is 15.9. The fraction of sp³-hybridized carbons (Fsp3) is 0.0612. The van der Waals surface area contributed by atoms with Gasteiger partial charge < -0.3 is 18.9 Å². The molecule has 0 N–H and O–H groups in total. The van der Waals surface area contributed by atoms with Crippen molar-refractivity contribution in [1.29, 1.82) is 0 Å². The van der Waals surface area contributed by atoms with Gasteiger partial charge in [-0.15, -0.1) is 0 Å². The van der Waals surface area contributed by atoms with Gasteiger partial charge in [0.15, 0.2) is 11.6 Å². The molecule has 18 rings (SSSR count). The van der Waals surface area contributed by atoms with E-state index in [4.69, 9.17) is 19.9 Å². The minimum absolute atomic E-state index is 0.670. The highest BCUT2D eigenvalue weighted by molar-refractivity contribution is 6.12. The van der Waals surface area contributed by atoms with Gasteiger partial charge in [-0.3, -0.25) is 0 Å². The van der Waals surface area contributed by atoms with Crippen molar-refractivity contribution in [2.75, 3.05) is 9.80 Å². The number of fused-ring (bicyclic) bond motifs is 6. The van der Waals surface area contributed by atoms with E-state index in [0.717, 1.165) is 163 Å². The van der Waals surface area contributed by atoms with Crippen molar-refractivity contribution in [3.05, 3.63) is 373 Å². The second-order valence-electron chi connectivity index (χ2n) is 27.9. The average molecular weight is 1360 g/mol. The van der Waals surface area contributed by atoms with E-state index >= 15 is 0 Å². The molecule has 106 heavy (non-hydrogen) atoms. The molecule has 0 amide bonds. The van der Waals surface area contributed by atoms with Crippen LogP contribution in [-0.4, -0.2) is 29.1 Å². The molecule has 18 aromatic rings. The van der Waals surface area contributed by atoms with Crippen LogP contribution >= 0.6 is 0 Å². The summed E-state index contributed by atoms with van der Waals surface area (Å²) in [4.78, 5) is 26.0. The molecule has 0 atom stereocenters. The van der Waals surface area contributed by atoms with Gasteiger partial charge in [0.25, 0.3) is 0 Å². The summed E-state index contributed by atoms with van der Waals surface area (Å²) in [5.74, 6) is 1.37. The van der Waals surface area contributed by atoms with Crippen molar-refractivity contribution in [2.24, 2.45) is 0 Å². The summed E-state index contributed by atoms with van der Waals surface area (Å²) in [5.41, 5.74) is 32.0. The molecule has 14 aromatic carbocycles. The van der Waals surface area contributed by atoms with E-state index in [0.29, 0.717) is 11.6 Å². The minimum atomic E-state index is 0.670. The summed E-state index contributed by atoms with van der Waals surface area (Å²) >= 11 is 0. The molecule has 0 aliphatic rings. The zero-order valence-corrected chi connectivity index (χ0v) is 59.9. The zero-order valence-electron chi connectivity index (χ0n) is 59.9.